The number of methoxy groups -OCH3 is 1. The molecule has 1 aromatic carbocycles. The third-order valence-electron chi connectivity index (χ3n) is 4.28. The number of halogens is 1. The van der Waals surface area contributed by atoms with Crippen molar-refractivity contribution in [1.29, 1.82) is 0 Å². The summed E-state index contributed by atoms with van der Waals surface area (Å²) in [6, 6.07) is 9.45. The van der Waals surface area contributed by atoms with Crippen molar-refractivity contribution in [3.05, 3.63) is 54.0 Å². The summed E-state index contributed by atoms with van der Waals surface area (Å²) < 4.78 is 24.0. The van der Waals surface area contributed by atoms with E-state index in [4.69, 9.17) is 9.47 Å². The van der Waals surface area contributed by atoms with Crippen LogP contribution in [0.3, 0.4) is 0 Å². The highest BCUT2D eigenvalue weighted by Crippen LogP contribution is 2.21. The number of carbonyl (C=O) groups excluding carboxylic acids is 1. The monoisotopic (exact) mass is 344 g/mol. The van der Waals surface area contributed by atoms with Gasteiger partial charge >= 0.3 is 0 Å². The molecule has 0 radical (unpaired) electrons. The molecule has 2 aromatic rings. The van der Waals surface area contributed by atoms with Crippen molar-refractivity contribution in [2.24, 2.45) is 5.92 Å². The van der Waals surface area contributed by atoms with E-state index in [9.17, 15) is 9.18 Å². The van der Waals surface area contributed by atoms with Crippen molar-refractivity contribution in [1.82, 2.24) is 9.88 Å². The molecule has 1 atom stereocenters. The number of pyridine rings is 1. The van der Waals surface area contributed by atoms with Crippen molar-refractivity contribution in [3.8, 4) is 11.6 Å². The molecule has 1 aromatic heterocycles. The molecule has 132 valence electrons. The van der Waals surface area contributed by atoms with Gasteiger partial charge < -0.3 is 14.4 Å². The van der Waals surface area contributed by atoms with Crippen LogP contribution in [0.4, 0.5) is 4.39 Å². The molecule has 5 nitrogen and oxygen atoms in total. The number of piperidine rings is 1. The van der Waals surface area contributed by atoms with Crippen molar-refractivity contribution < 1.29 is 18.7 Å². The molecule has 0 spiro atoms. The van der Waals surface area contributed by atoms with E-state index in [1.54, 1.807) is 30.5 Å². The van der Waals surface area contributed by atoms with E-state index >= 15 is 0 Å². The van der Waals surface area contributed by atoms with Crippen LogP contribution in [0, 0.1) is 11.7 Å². The molecule has 1 saturated heterocycles. The lowest BCUT2D eigenvalue weighted by atomic mass is 9.98. The fourth-order valence-corrected chi connectivity index (χ4v) is 2.99. The zero-order valence-corrected chi connectivity index (χ0v) is 14.2. The van der Waals surface area contributed by atoms with Gasteiger partial charge in [-0.05, 0) is 31.0 Å². The number of rotatable bonds is 5. The van der Waals surface area contributed by atoms with Gasteiger partial charge in [0.05, 0.1) is 13.7 Å². The Balaban J connectivity index is 1.59. The molecule has 2 heterocycles. The van der Waals surface area contributed by atoms with E-state index in [0.29, 0.717) is 30.3 Å². The summed E-state index contributed by atoms with van der Waals surface area (Å²) in [6.45, 7) is 1.81. The molecular weight excluding hydrogens is 323 g/mol. The first-order valence-corrected chi connectivity index (χ1v) is 8.33. The van der Waals surface area contributed by atoms with Gasteiger partial charge in [0.25, 0.3) is 5.91 Å². The molecule has 1 amide bonds. The number of carbonyl (C=O) groups is 1. The Morgan fingerprint density at radius 1 is 1.36 bits per heavy atom. The highest BCUT2D eigenvalue weighted by Gasteiger charge is 2.25. The Morgan fingerprint density at radius 3 is 3.04 bits per heavy atom. The minimum absolute atomic E-state index is 0.0313. The van der Waals surface area contributed by atoms with Gasteiger partial charge in [-0.15, -0.1) is 0 Å². The van der Waals surface area contributed by atoms with Crippen LogP contribution in [0.5, 0.6) is 11.6 Å². The average molecular weight is 344 g/mol. The highest BCUT2D eigenvalue weighted by molar-refractivity contribution is 5.94. The summed E-state index contributed by atoms with van der Waals surface area (Å²) in [6.07, 6.45) is 3.48. The molecule has 1 aliphatic heterocycles. The lowest BCUT2D eigenvalue weighted by Crippen LogP contribution is -2.41. The van der Waals surface area contributed by atoms with Gasteiger partial charge in [0, 0.05) is 42.9 Å². The minimum Gasteiger partial charge on any atom is -0.493 e. The van der Waals surface area contributed by atoms with E-state index < -0.39 is 0 Å². The predicted molar refractivity (Wildman–Crippen MR) is 91.3 cm³/mol. The number of hydrogen-bond donors (Lipinski definition) is 0. The Morgan fingerprint density at radius 2 is 2.24 bits per heavy atom. The third-order valence-corrected chi connectivity index (χ3v) is 4.28. The average Bonchev–Trinajstić information content (AvgIpc) is 2.66. The third kappa shape index (κ3) is 4.47. The van der Waals surface area contributed by atoms with Gasteiger partial charge in [-0.25, -0.2) is 9.37 Å². The summed E-state index contributed by atoms with van der Waals surface area (Å²) in [7, 11) is 1.53. The standard InChI is InChI=1S/C19H21FN2O3/c1-24-18-10-15(7-8-21-18)19(23)22-9-3-4-14(12-22)13-25-17-6-2-5-16(20)11-17/h2,5-8,10-11,14H,3-4,9,12-13H2,1H3/t14-/m1/s1. The molecule has 6 heteroatoms. The number of aromatic nitrogens is 1. The lowest BCUT2D eigenvalue weighted by molar-refractivity contribution is 0.0632. The number of hydrogen-bond acceptors (Lipinski definition) is 4. The van der Waals surface area contributed by atoms with Crippen LogP contribution < -0.4 is 9.47 Å². The molecule has 0 unspecified atom stereocenters. The second-order valence-corrected chi connectivity index (χ2v) is 6.11. The number of likely N-dealkylation sites (tertiary alicyclic amines) is 1. The maximum atomic E-state index is 13.2. The van der Waals surface area contributed by atoms with Crippen LogP contribution in [-0.2, 0) is 0 Å². The van der Waals surface area contributed by atoms with E-state index in [0.717, 1.165) is 19.4 Å². The van der Waals surface area contributed by atoms with Gasteiger partial charge in [0.2, 0.25) is 5.88 Å². The molecule has 25 heavy (non-hydrogen) atoms. The Bertz CT molecular complexity index is 738. The number of ether oxygens (including phenoxy) is 2. The van der Waals surface area contributed by atoms with Crippen LogP contribution in [0.2, 0.25) is 0 Å². The Labute approximate surface area is 146 Å². The first-order valence-electron chi connectivity index (χ1n) is 8.33. The van der Waals surface area contributed by atoms with Gasteiger partial charge in [0.15, 0.2) is 0 Å². The summed E-state index contributed by atoms with van der Waals surface area (Å²) in [5, 5.41) is 0. The van der Waals surface area contributed by atoms with Gasteiger partial charge in [0.1, 0.15) is 11.6 Å². The Kier molecular flexibility index (Phi) is 5.48. The molecule has 0 aliphatic carbocycles. The molecule has 0 saturated carbocycles. The maximum Gasteiger partial charge on any atom is 0.254 e. The predicted octanol–water partition coefficient (Wildman–Crippen LogP) is 3.16. The van der Waals surface area contributed by atoms with E-state index in [2.05, 4.69) is 4.98 Å². The fourth-order valence-electron chi connectivity index (χ4n) is 2.99. The van der Waals surface area contributed by atoms with Crippen LogP contribution in [0.25, 0.3) is 0 Å². The van der Waals surface area contributed by atoms with E-state index in [1.165, 1.54) is 19.2 Å². The van der Waals surface area contributed by atoms with E-state index in [-0.39, 0.29) is 17.6 Å². The van der Waals surface area contributed by atoms with E-state index in [1.807, 2.05) is 4.90 Å². The van der Waals surface area contributed by atoms with Gasteiger partial charge in [-0.2, -0.15) is 0 Å². The molecule has 0 N–H and O–H groups in total. The van der Waals surface area contributed by atoms with Gasteiger partial charge in [-0.1, -0.05) is 6.07 Å². The minimum atomic E-state index is -0.315. The van der Waals surface area contributed by atoms with Crippen molar-refractivity contribution in [3.63, 3.8) is 0 Å². The summed E-state index contributed by atoms with van der Waals surface area (Å²) in [5.41, 5.74) is 0.568. The zero-order valence-electron chi connectivity index (χ0n) is 14.2. The van der Waals surface area contributed by atoms with Crippen LogP contribution >= 0.6 is 0 Å². The molecular formula is C19H21FN2O3. The highest BCUT2D eigenvalue weighted by atomic mass is 19.1. The van der Waals surface area contributed by atoms with Crippen molar-refractivity contribution in [2.45, 2.75) is 12.8 Å². The quantitative estimate of drug-likeness (QED) is 0.836. The largest absolute Gasteiger partial charge is 0.493 e. The Hall–Kier alpha value is -2.63. The molecule has 3 rings (SSSR count). The fraction of sp³-hybridized carbons (Fsp3) is 0.368. The first kappa shape index (κ1) is 17.2. The van der Waals surface area contributed by atoms with Gasteiger partial charge in [-0.3, -0.25) is 4.79 Å². The number of nitrogens with zero attached hydrogens (tertiary/aromatic N) is 2. The number of amides is 1. The lowest BCUT2D eigenvalue weighted by Gasteiger charge is -2.32. The summed E-state index contributed by atoms with van der Waals surface area (Å²) >= 11 is 0. The maximum absolute atomic E-state index is 13.2. The smallest absolute Gasteiger partial charge is 0.254 e. The van der Waals surface area contributed by atoms with Crippen LogP contribution in [0.1, 0.15) is 23.2 Å². The van der Waals surface area contributed by atoms with Crippen molar-refractivity contribution >= 4 is 5.91 Å². The molecule has 0 bridgehead atoms. The molecule has 1 fully saturated rings. The summed E-state index contributed by atoms with van der Waals surface area (Å²) in [5.74, 6) is 0.821. The normalized spacial score (nSPS) is 17.2. The topological polar surface area (TPSA) is 51.7 Å². The zero-order chi connectivity index (χ0) is 17.6. The SMILES string of the molecule is COc1cc(C(=O)N2CCC[C@@H](COc3cccc(F)c3)C2)ccn1. The van der Waals surface area contributed by atoms with Crippen LogP contribution in [-0.4, -0.2) is 42.6 Å². The second-order valence-electron chi connectivity index (χ2n) is 6.11. The molecule has 1 aliphatic rings. The van der Waals surface area contributed by atoms with Crippen LogP contribution in [0.15, 0.2) is 42.6 Å². The second kappa shape index (κ2) is 7.96. The van der Waals surface area contributed by atoms with Crippen molar-refractivity contribution in [2.75, 3.05) is 26.8 Å². The number of benzene rings is 1. The first-order chi connectivity index (χ1) is 12.2. The summed E-state index contributed by atoms with van der Waals surface area (Å²) in [4.78, 5) is 18.5.